The van der Waals surface area contributed by atoms with Gasteiger partial charge in [-0.25, -0.2) is 27.2 Å². The van der Waals surface area contributed by atoms with Crippen molar-refractivity contribution in [3.63, 3.8) is 0 Å². The molecule has 0 radical (unpaired) electrons. The van der Waals surface area contributed by atoms with E-state index >= 15 is 4.39 Å². The standard InChI is InChI=1S/C23H19F2N5O3S/c24-16-8-9-17(30-34(32,33)14-4-2-1-3-5-14)20(25)19(16)21(31)15-11-27-23-18(15)22(28-12-29-23)26-10-13-6-7-13/h1-5,8-9,11-13,30H,6-7,10H2,(H2,26,27,28,29). The van der Waals surface area contributed by atoms with Crippen molar-refractivity contribution in [2.24, 2.45) is 5.92 Å². The van der Waals surface area contributed by atoms with Gasteiger partial charge in [-0.3, -0.25) is 9.52 Å². The zero-order valence-corrected chi connectivity index (χ0v) is 18.5. The molecule has 5 rings (SSSR count). The molecular weight excluding hydrogens is 464 g/mol. The molecule has 1 fully saturated rings. The van der Waals surface area contributed by atoms with Crippen LogP contribution in [0.25, 0.3) is 11.0 Å². The number of aromatic amines is 1. The third-order valence-electron chi connectivity index (χ3n) is 5.59. The van der Waals surface area contributed by atoms with E-state index in [0.29, 0.717) is 29.3 Å². The summed E-state index contributed by atoms with van der Waals surface area (Å²) in [6.45, 7) is 0.657. The lowest BCUT2D eigenvalue weighted by Gasteiger charge is -2.12. The molecule has 2 aromatic heterocycles. The van der Waals surface area contributed by atoms with Crippen molar-refractivity contribution in [3.8, 4) is 0 Å². The van der Waals surface area contributed by atoms with Crippen LogP contribution in [0.4, 0.5) is 20.3 Å². The van der Waals surface area contributed by atoms with Gasteiger partial charge >= 0.3 is 0 Å². The second kappa shape index (κ2) is 8.49. The summed E-state index contributed by atoms with van der Waals surface area (Å²) in [4.78, 5) is 24.3. The van der Waals surface area contributed by atoms with Gasteiger partial charge in [-0.1, -0.05) is 18.2 Å². The van der Waals surface area contributed by atoms with Crippen LogP contribution < -0.4 is 10.0 Å². The van der Waals surface area contributed by atoms with E-state index in [0.717, 1.165) is 25.0 Å². The first kappa shape index (κ1) is 22.0. The molecule has 0 bridgehead atoms. The predicted octanol–water partition coefficient (Wildman–Crippen LogP) is 4.09. The first-order valence-electron chi connectivity index (χ1n) is 10.5. The lowest BCUT2D eigenvalue weighted by Crippen LogP contribution is -2.16. The third kappa shape index (κ3) is 4.10. The average Bonchev–Trinajstić information content (AvgIpc) is 3.56. The van der Waals surface area contributed by atoms with Gasteiger partial charge in [-0.05, 0) is 43.0 Å². The molecule has 0 unspecified atom stereocenters. The van der Waals surface area contributed by atoms with Crippen molar-refractivity contribution in [2.45, 2.75) is 17.7 Å². The van der Waals surface area contributed by atoms with Gasteiger partial charge in [-0.2, -0.15) is 0 Å². The van der Waals surface area contributed by atoms with Crippen LogP contribution in [0.1, 0.15) is 28.8 Å². The molecule has 1 aliphatic carbocycles. The molecule has 0 amide bonds. The van der Waals surface area contributed by atoms with Gasteiger partial charge in [0.15, 0.2) is 5.82 Å². The molecule has 34 heavy (non-hydrogen) atoms. The lowest BCUT2D eigenvalue weighted by molar-refractivity contribution is 0.103. The number of halogens is 2. The summed E-state index contributed by atoms with van der Waals surface area (Å²) in [6.07, 6.45) is 4.83. The SMILES string of the molecule is O=C(c1c(F)ccc(NS(=O)(=O)c2ccccc2)c1F)c1c[nH]c2ncnc(NCC3CC3)c12. The monoisotopic (exact) mass is 483 g/mol. The fourth-order valence-corrected chi connectivity index (χ4v) is 4.70. The molecule has 0 aliphatic heterocycles. The number of aromatic nitrogens is 3. The third-order valence-corrected chi connectivity index (χ3v) is 6.97. The van der Waals surface area contributed by atoms with E-state index in [2.05, 4.69) is 25.0 Å². The number of hydrogen-bond donors (Lipinski definition) is 3. The van der Waals surface area contributed by atoms with E-state index in [-0.39, 0.29) is 10.5 Å². The van der Waals surface area contributed by atoms with Crippen molar-refractivity contribution in [2.75, 3.05) is 16.6 Å². The minimum absolute atomic E-state index is 0.0326. The van der Waals surface area contributed by atoms with E-state index < -0.39 is 38.7 Å². The van der Waals surface area contributed by atoms with E-state index in [1.165, 1.54) is 36.8 Å². The number of carbonyl (C=O) groups excluding carboxylic acids is 1. The number of carbonyl (C=O) groups is 1. The van der Waals surface area contributed by atoms with Crippen molar-refractivity contribution in [1.29, 1.82) is 0 Å². The number of hydrogen-bond acceptors (Lipinski definition) is 6. The number of H-pyrrole nitrogens is 1. The number of nitrogens with one attached hydrogen (secondary N) is 3. The Bertz CT molecular complexity index is 1500. The number of benzene rings is 2. The number of sulfonamides is 1. The zero-order valence-electron chi connectivity index (χ0n) is 17.7. The van der Waals surface area contributed by atoms with Crippen LogP contribution in [0.3, 0.4) is 0 Å². The van der Waals surface area contributed by atoms with Crippen LogP contribution in [0.2, 0.25) is 0 Å². The van der Waals surface area contributed by atoms with Crippen molar-refractivity contribution in [1.82, 2.24) is 15.0 Å². The normalized spacial score (nSPS) is 13.7. The Labute approximate surface area is 193 Å². The number of rotatable bonds is 8. The van der Waals surface area contributed by atoms with Crippen LogP contribution in [-0.2, 0) is 10.0 Å². The van der Waals surface area contributed by atoms with Crippen LogP contribution in [-0.4, -0.2) is 35.7 Å². The Hall–Kier alpha value is -3.86. The van der Waals surface area contributed by atoms with E-state index in [4.69, 9.17) is 0 Å². The number of anilines is 2. The Morgan fingerprint density at radius 3 is 2.59 bits per heavy atom. The molecule has 0 saturated heterocycles. The molecule has 1 saturated carbocycles. The van der Waals surface area contributed by atoms with Crippen molar-refractivity contribution < 1.29 is 22.0 Å². The Morgan fingerprint density at radius 2 is 1.85 bits per heavy atom. The predicted molar refractivity (Wildman–Crippen MR) is 122 cm³/mol. The second-order valence-corrected chi connectivity index (χ2v) is 9.69. The molecule has 3 N–H and O–H groups in total. The fourth-order valence-electron chi connectivity index (χ4n) is 3.62. The molecular formula is C23H19F2N5O3S. The maximum atomic E-state index is 15.3. The maximum Gasteiger partial charge on any atom is 0.261 e. The molecule has 2 heterocycles. The fraction of sp³-hybridized carbons (Fsp3) is 0.174. The quantitative estimate of drug-likeness (QED) is 0.325. The summed E-state index contributed by atoms with van der Waals surface area (Å²) in [6, 6.07) is 9.10. The van der Waals surface area contributed by atoms with Crippen molar-refractivity contribution >= 4 is 38.3 Å². The summed E-state index contributed by atoms with van der Waals surface area (Å²) in [5.74, 6) is -2.51. The van der Waals surface area contributed by atoms with Gasteiger partial charge in [-0.15, -0.1) is 0 Å². The minimum atomic E-state index is -4.16. The van der Waals surface area contributed by atoms with Crippen LogP contribution in [0.5, 0.6) is 0 Å². The Balaban J connectivity index is 1.53. The highest BCUT2D eigenvalue weighted by Crippen LogP contribution is 2.32. The summed E-state index contributed by atoms with van der Waals surface area (Å²) in [7, 11) is -4.16. The Morgan fingerprint density at radius 1 is 1.09 bits per heavy atom. The largest absolute Gasteiger partial charge is 0.369 e. The summed E-state index contributed by atoms with van der Waals surface area (Å²) in [5, 5.41) is 3.48. The van der Waals surface area contributed by atoms with E-state index in [1.807, 2.05) is 0 Å². The first-order valence-corrected chi connectivity index (χ1v) is 12.0. The summed E-state index contributed by atoms with van der Waals surface area (Å²) < 4.78 is 57.4. The lowest BCUT2D eigenvalue weighted by atomic mass is 10.0. The van der Waals surface area contributed by atoms with E-state index in [9.17, 15) is 17.6 Å². The molecule has 4 aromatic rings. The van der Waals surface area contributed by atoms with Gasteiger partial charge in [0, 0.05) is 12.7 Å². The number of nitrogens with zero attached hydrogens (tertiary/aromatic N) is 2. The van der Waals surface area contributed by atoms with Gasteiger partial charge in [0.05, 0.1) is 27.1 Å². The van der Waals surface area contributed by atoms with E-state index in [1.54, 1.807) is 6.07 Å². The van der Waals surface area contributed by atoms with Gasteiger partial charge < -0.3 is 10.3 Å². The minimum Gasteiger partial charge on any atom is -0.369 e. The summed E-state index contributed by atoms with van der Waals surface area (Å²) >= 11 is 0. The van der Waals surface area contributed by atoms with Crippen molar-refractivity contribution in [3.05, 3.63) is 77.8 Å². The zero-order chi connectivity index (χ0) is 23.9. The van der Waals surface area contributed by atoms with Gasteiger partial charge in [0.25, 0.3) is 10.0 Å². The molecule has 1 aliphatic rings. The molecule has 0 spiro atoms. The highest BCUT2D eigenvalue weighted by Gasteiger charge is 2.28. The molecule has 11 heteroatoms. The topological polar surface area (TPSA) is 117 Å². The molecule has 174 valence electrons. The second-order valence-electron chi connectivity index (χ2n) is 8.00. The molecule has 8 nitrogen and oxygen atoms in total. The molecule has 2 aromatic carbocycles. The number of fused-ring (bicyclic) bond motifs is 1. The van der Waals surface area contributed by atoms with Crippen LogP contribution in [0, 0.1) is 17.6 Å². The van der Waals surface area contributed by atoms with Crippen LogP contribution in [0.15, 0.2) is 59.9 Å². The number of ketones is 1. The van der Waals surface area contributed by atoms with Gasteiger partial charge in [0.2, 0.25) is 5.78 Å². The smallest absolute Gasteiger partial charge is 0.261 e. The molecule has 0 atom stereocenters. The first-order chi connectivity index (χ1) is 16.3. The highest BCUT2D eigenvalue weighted by atomic mass is 32.2. The maximum absolute atomic E-state index is 15.3. The highest BCUT2D eigenvalue weighted by molar-refractivity contribution is 7.92. The van der Waals surface area contributed by atoms with Crippen LogP contribution >= 0.6 is 0 Å². The summed E-state index contributed by atoms with van der Waals surface area (Å²) in [5.41, 5.74) is -1.13. The van der Waals surface area contributed by atoms with Gasteiger partial charge in [0.1, 0.15) is 23.6 Å². The average molecular weight is 484 g/mol. The Kier molecular flexibility index (Phi) is 5.48.